The molecule has 4 N–H and O–H groups in total. The second-order valence-electron chi connectivity index (χ2n) is 3.65. The molecule has 0 aromatic heterocycles. The van der Waals surface area contributed by atoms with E-state index in [9.17, 15) is 9.59 Å². The van der Waals surface area contributed by atoms with Crippen molar-refractivity contribution < 1.29 is 14.7 Å². The Morgan fingerprint density at radius 3 is 2.47 bits per heavy atom. The van der Waals surface area contributed by atoms with Crippen molar-refractivity contribution in [2.45, 2.75) is 19.4 Å². The molecule has 0 aliphatic carbocycles. The van der Waals surface area contributed by atoms with Gasteiger partial charge in [-0.15, -0.1) is 0 Å². The van der Waals surface area contributed by atoms with Gasteiger partial charge in [-0.1, -0.05) is 24.3 Å². The number of aliphatic carboxylic acids is 1. The number of rotatable bonds is 6. The molecule has 0 aliphatic heterocycles. The number of carbonyl (C=O) groups is 2. The number of hydrogen-bond donors (Lipinski definition) is 3. The quantitative estimate of drug-likeness (QED) is 0.661. The molecule has 5 nitrogen and oxygen atoms in total. The number of nitrogens with one attached hydrogen (secondary N) is 1. The molecule has 0 unspecified atom stereocenters. The van der Waals surface area contributed by atoms with Crippen LogP contribution in [0.5, 0.6) is 0 Å². The van der Waals surface area contributed by atoms with Crippen molar-refractivity contribution in [2.24, 2.45) is 5.73 Å². The highest BCUT2D eigenvalue weighted by Gasteiger charge is 2.07. The SMILES string of the molecule is NCCC(=O)NCc1ccccc1CC(=O)O. The molecule has 0 bridgehead atoms. The zero-order valence-corrected chi connectivity index (χ0v) is 9.48. The predicted octanol–water partition coefficient (Wildman–Crippen LogP) is 0.279. The van der Waals surface area contributed by atoms with E-state index in [1.165, 1.54) is 0 Å². The summed E-state index contributed by atoms with van der Waals surface area (Å²) in [5.74, 6) is -1.01. The van der Waals surface area contributed by atoms with Crippen LogP contribution in [0.4, 0.5) is 0 Å². The summed E-state index contributed by atoms with van der Waals surface area (Å²) in [6.45, 7) is 0.644. The lowest BCUT2D eigenvalue weighted by molar-refractivity contribution is -0.136. The largest absolute Gasteiger partial charge is 0.481 e. The summed E-state index contributed by atoms with van der Waals surface area (Å²) >= 11 is 0. The van der Waals surface area contributed by atoms with Crippen LogP contribution >= 0.6 is 0 Å². The molecule has 0 saturated carbocycles. The maximum absolute atomic E-state index is 11.2. The minimum Gasteiger partial charge on any atom is -0.481 e. The van der Waals surface area contributed by atoms with Crippen LogP contribution in [0.25, 0.3) is 0 Å². The van der Waals surface area contributed by atoms with Gasteiger partial charge < -0.3 is 16.2 Å². The molecule has 0 spiro atoms. The molecular formula is C12H16N2O3. The average molecular weight is 236 g/mol. The molecule has 0 heterocycles. The molecule has 0 atom stereocenters. The van der Waals surface area contributed by atoms with Crippen molar-refractivity contribution in [3.63, 3.8) is 0 Å². The van der Waals surface area contributed by atoms with Crippen molar-refractivity contribution in [3.05, 3.63) is 35.4 Å². The third kappa shape index (κ3) is 4.65. The molecule has 5 heteroatoms. The normalized spacial score (nSPS) is 9.94. The van der Waals surface area contributed by atoms with Gasteiger partial charge in [0.25, 0.3) is 0 Å². The molecule has 1 amide bonds. The summed E-state index contributed by atoms with van der Waals surface area (Å²) in [6, 6.07) is 7.15. The Labute approximate surface area is 99.6 Å². The number of benzene rings is 1. The van der Waals surface area contributed by atoms with Gasteiger partial charge in [0.1, 0.15) is 0 Å². The Hall–Kier alpha value is -1.88. The van der Waals surface area contributed by atoms with E-state index in [0.29, 0.717) is 18.7 Å². The van der Waals surface area contributed by atoms with Crippen molar-refractivity contribution in [3.8, 4) is 0 Å². The second kappa shape index (κ2) is 6.65. The topological polar surface area (TPSA) is 92.4 Å². The van der Waals surface area contributed by atoms with E-state index in [1.54, 1.807) is 18.2 Å². The van der Waals surface area contributed by atoms with E-state index in [-0.39, 0.29) is 18.7 Å². The zero-order valence-electron chi connectivity index (χ0n) is 9.48. The van der Waals surface area contributed by atoms with Crippen LogP contribution < -0.4 is 11.1 Å². The number of hydrogen-bond acceptors (Lipinski definition) is 3. The second-order valence-corrected chi connectivity index (χ2v) is 3.65. The first-order chi connectivity index (χ1) is 8.13. The fourth-order valence-electron chi connectivity index (χ4n) is 1.48. The highest BCUT2D eigenvalue weighted by molar-refractivity contribution is 5.76. The van der Waals surface area contributed by atoms with Gasteiger partial charge in [0.2, 0.25) is 5.91 Å². The first-order valence-electron chi connectivity index (χ1n) is 5.39. The van der Waals surface area contributed by atoms with E-state index in [2.05, 4.69) is 5.32 Å². The lowest BCUT2D eigenvalue weighted by Crippen LogP contribution is -2.25. The third-order valence-corrected chi connectivity index (χ3v) is 2.31. The van der Waals surface area contributed by atoms with Crippen LogP contribution in [0.2, 0.25) is 0 Å². The third-order valence-electron chi connectivity index (χ3n) is 2.31. The molecule has 0 saturated heterocycles. The smallest absolute Gasteiger partial charge is 0.307 e. The molecule has 1 aromatic rings. The standard InChI is InChI=1S/C12H16N2O3/c13-6-5-11(15)14-8-10-4-2-1-3-9(10)7-12(16)17/h1-4H,5-8,13H2,(H,14,15)(H,16,17). The molecular weight excluding hydrogens is 220 g/mol. The first kappa shape index (κ1) is 13.2. The van der Waals surface area contributed by atoms with E-state index < -0.39 is 5.97 Å². The summed E-state index contributed by atoms with van der Waals surface area (Å²) in [5, 5.41) is 11.5. The Morgan fingerprint density at radius 2 is 1.88 bits per heavy atom. The van der Waals surface area contributed by atoms with Crippen LogP contribution in [-0.2, 0) is 22.6 Å². The van der Waals surface area contributed by atoms with Crippen LogP contribution in [-0.4, -0.2) is 23.5 Å². The minimum atomic E-state index is -0.884. The molecule has 0 radical (unpaired) electrons. The van der Waals surface area contributed by atoms with E-state index in [4.69, 9.17) is 10.8 Å². The monoisotopic (exact) mass is 236 g/mol. The van der Waals surface area contributed by atoms with Crippen LogP contribution in [0.3, 0.4) is 0 Å². The summed E-state index contributed by atoms with van der Waals surface area (Å²) in [7, 11) is 0. The Bertz CT molecular complexity index is 404. The van der Waals surface area contributed by atoms with Crippen LogP contribution in [0.15, 0.2) is 24.3 Å². The molecule has 1 rings (SSSR count). The zero-order chi connectivity index (χ0) is 12.7. The van der Waals surface area contributed by atoms with Gasteiger partial charge in [0, 0.05) is 19.5 Å². The molecule has 0 fully saturated rings. The molecule has 92 valence electrons. The highest BCUT2D eigenvalue weighted by atomic mass is 16.4. The predicted molar refractivity (Wildman–Crippen MR) is 63.3 cm³/mol. The fraction of sp³-hybridized carbons (Fsp3) is 0.333. The average Bonchev–Trinajstić information content (AvgIpc) is 2.27. The lowest BCUT2D eigenvalue weighted by atomic mass is 10.0. The van der Waals surface area contributed by atoms with Crippen molar-refractivity contribution >= 4 is 11.9 Å². The van der Waals surface area contributed by atoms with E-state index in [0.717, 1.165) is 5.56 Å². The van der Waals surface area contributed by atoms with E-state index >= 15 is 0 Å². The van der Waals surface area contributed by atoms with Gasteiger partial charge in [-0.25, -0.2) is 0 Å². The lowest BCUT2D eigenvalue weighted by Gasteiger charge is -2.08. The summed E-state index contributed by atoms with van der Waals surface area (Å²) < 4.78 is 0. The minimum absolute atomic E-state index is 0.0388. The summed E-state index contributed by atoms with van der Waals surface area (Å²) in [4.78, 5) is 21.9. The van der Waals surface area contributed by atoms with Gasteiger partial charge in [0.15, 0.2) is 0 Å². The van der Waals surface area contributed by atoms with Gasteiger partial charge in [-0.3, -0.25) is 9.59 Å². The maximum atomic E-state index is 11.2. The fourth-order valence-corrected chi connectivity index (χ4v) is 1.48. The molecule has 17 heavy (non-hydrogen) atoms. The Morgan fingerprint density at radius 1 is 1.24 bits per heavy atom. The number of carbonyl (C=O) groups excluding carboxylic acids is 1. The molecule has 0 aliphatic rings. The number of nitrogens with two attached hydrogens (primary N) is 1. The van der Waals surface area contributed by atoms with Crippen molar-refractivity contribution in [1.82, 2.24) is 5.32 Å². The van der Waals surface area contributed by atoms with Gasteiger partial charge >= 0.3 is 5.97 Å². The number of carboxylic acids is 1. The summed E-state index contributed by atoms with van der Waals surface area (Å²) in [5.41, 5.74) is 6.79. The van der Waals surface area contributed by atoms with Gasteiger partial charge in [0.05, 0.1) is 6.42 Å². The number of amides is 1. The Kier molecular flexibility index (Phi) is 5.16. The Balaban J connectivity index is 2.63. The van der Waals surface area contributed by atoms with Crippen molar-refractivity contribution in [1.29, 1.82) is 0 Å². The van der Waals surface area contributed by atoms with Gasteiger partial charge in [-0.2, -0.15) is 0 Å². The van der Waals surface area contributed by atoms with Gasteiger partial charge in [-0.05, 0) is 11.1 Å². The highest BCUT2D eigenvalue weighted by Crippen LogP contribution is 2.09. The van der Waals surface area contributed by atoms with Crippen LogP contribution in [0.1, 0.15) is 17.5 Å². The maximum Gasteiger partial charge on any atom is 0.307 e. The summed E-state index contributed by atoms with van der Waals surface area (Å²) in [6.07, 6.45) is 0.240. The first-order valence-corrected chi connectivity index (χ1v) is 5.39. The number of carboxylic acid groups (broad SMARTS) is 1. The van der Waals surface area contributed by atoms with Crippen molar-refractivity contribution in [2.75, 3.05) is 6.54 Å². The van der Waals surface area contributed by atoms with Crippen LogP contribution in [0, 0.1) is 0 Å². The van der Waals surface area contributed by atoms with E-state index in [1.807, 2.05) is 6.07 Å². The molecule has 1 aromatic carbocycles.